The van der Waals surface area contributed by atoms with Gasteiger partial charge in [0.1, 0.15) is 12.4 Å². The Bertz CT molecular complexity index is 738. The summed E-state index contributed by atoms with van der Waals surface area (Å²) in [6.07, 6.45) is 0. The first-order chi connectivity index (χ1) is 9.76. The lowest BCUT2D eigenvalue weighted by atomic mass is 10.1. The van der Waals surface area contributed by atoms with E-state index in [9.17, 15) is 0 Å². The SMILES string of the molecule is NCc1ccc2scc(COc3cccc(Cl)c3)c2c1. The molecule has 0 atom stereocenters. The Morgan fingerprint density at radius 3 is 2.85 bits per heavy atom. The second-order valence-corrected chi connectivity index (χ2v) is 5.89. The maximum atomic E-state index is 5.95. The second-order valence-electron chi connectivity index (χ2n) is 4.54. The number of rotatable bonds is 4. The molecule has 0 amide bonds. The number of benzene rings is 2. The van der Waals surface area contributed by atoms with Crippen LogP contribution in [0, 0.1) is 0 Å². The van der Waals surface area contributed by atoms with Crippen LogP contribution in [0.25, 0.3) is 10.1 Å². The molecule has 0 aliphatic heterocycles. The van der Waals surface area contributed by atoms with Crippen molar-refractivity contribution in [3.8, 4) is 5.75 Å². The number of hydrogen-bond acceptors (Lipinski definition) is 3. The fourth-order valence-corrected chi connectivity index (χ4v) is 3.19. The molecule has 0 fully saturated rings. The highest BCUT2D eigenvalue weighted by molar-refractivity contribution is 7.17. The lowest BCUT2D eigenvalue weighted by Crippen LogP contribution is -1.97. The Morgan fingerprint density at radius 2 is 2.05 bits per heavy atom. The number of thiophene rings is 1. The van der Waals surface area contributed by atoms with Gasteiger partial charge in [0.15, 0.2) is 0 Å². The van der Waals surface area contributed by atoms with Gasteiger partial charge >= 0.3 is 0 Å². The topological polar surface area (TPSA) is 35.2 Å². The lowest BCUT2D eigenvalue weighted by molar-refractivity contribution is 0.308. The molecule has 0 radical (unpaired) electrons. The molecule has 3 rings (SSSR count). The van der Waals surface area contributed by atoms with E-state index >= 15 is 0 Å². The molecule has 102 valence electrons. The molecule has 0 aliphatic carbocycles. The molecule has 4 heteroatoms. The summed E-state index contributed by atoms with van der Waals surface area (Å²) in [7, 11) is 0. The Labute approximate surface area is 126 Å². The average molecular weight is 304 g/mol. The first-order valence-electron chi connectivity index (χ1n) is 6.34. The van der Waals surface area contributed by atoms with E-state index in [-0.39, 0.29) is 0 Å². The maximum absolute atomic E-state index is 5.95. The minimum Gasteiger partial charge on any atom is -0.489 e. The lowest BCUT2D eigenvalue weighted by Gasteiger charge is -2.06. The van der Waals surface area contributed by atoms with Crippen molar-refractivity contribution in [1.29, 1.82) is 0 Å². The van der Waals surface area contributed by atoms with Gasteiger partial charge in [0, 0.05) is 21.8 Å². The van der Waals surface area contributed by atoms with E-state index in [1.807, 2.05) is 24.3 Å². The predicted molar refractivity (Wildman–Crippen MR) is 85.5 cm³/mol. The van der Waals surface area contributed by atoms with Crippen LogP contribution in [0.3, 0.4) is 0 Å². The summed E-state index contributed by atoms with van der Waals surface area (Å²) in [6, 6.07) is 13.8. The van der Waals surface area contributed by atoms with Crippen LogP contribution >= 0.6 is 22.9 Å². The van der Waals surface area contributed by atoms with Crippen LogP contribution in [-0.2, 0) is 13.2 Å². The van der Waals surface area contributed by atoms with E-state index < -0.39 is 0 Å². The van der Waals surface area contributed by atoms with E-state index in [1.165, 1.54) is 15.6 Å². The predicted octanol–water partition coefficient (Wildman–Crippen LogP) is 4.59. The zero-order chi connectivity index (χ0) is 13.9. The fourth-order valence-electron chi connectivity index (χ4n) is 2.09. The molecule has 0 saturated heterocycles. The largest absolute Gasteiger partial charge is 0.489 e. The van der Waals surface area contributed by atoms with Crippen molar-refractivity contribution in [2.75, 3.05) is 0 Å². The number of ether oxygens (including phenoxy) is 1. The van der Waals surface area contributed by atoms with E-state index in [2.05, 4.69) is 23.6 Å². The van der Waals surface area contributed by atoms with Gasteiger partial charge in [0.05, 0.1) is 0 Å². The summed E-state index contributed by atoms with van der Waals surface area (Å²) >= 11 is 7.67. The monoisotopic (exact) mass is 303 g/mol. The minimum absolute atomic E-state index is 0.536. The van der Waals surface area contributed by atoms with Crippen molar-refractivity contribution in [1.82, 2.24) is 0 Å². The molecular weight excluding hydrogens is 290 g/mol. The summed E-state index contributed by atoms with van der Waals surface area (Å²) < 4.78 is 7.06. The number of nitrogens with two attached hydrogens (primary N) is 1. The molecule has 2 aromatic carbocycles. The van der Waals surface area contributed by atoms with E-state index in [0.29, 0.717) is 18.2 Å². The van der Waals surface area contributed by atoms with E-state index in [4.69, 9.17) is 22.1 Å². The second kappa shape index (κ2) is 5.83. The van der Waals surface area contributed by atoms with Crippen LogP contribution in [-0.4, -0.2) is 0 Å². The normalized spacial score (nSPS) is 10.9. The maximum Gasteiger partial charge on any atom is 0.121 e. The van der Waals surface area contributed by atoms with Gasteiger partial charge in [-0.15, -0.1) is 11.3 Å². The van der Waals surface area contributed by atoms with Crippen LogP contribution in [0.5, 0.6) is 5.75 Å². The molecule has 3 aromatic rings. The zero-order valence-electron chi connectivity index (χ0n) is 10.8. The summed E-state index contributed by atoms with van der Waals surface area (Å²) in [5.74, 6) is 0.784. The van der Waals surface area contributed by atoms with E-state index in [1.54, 1.807) is 11.3 Å². The van der Waals surface area contributed by atoms with Gasteiger partial charge in [-0.25, -0.2) is 0 Å². The third-order valence-electron chi connectivity index (χ3n) is 3.14. The number of fused-ring (bicyclic) bond motifs is 1. The Kier molecular flexibility index (Phi) is 3.92. The molecule has 0 saturated carbocycles. The zero-order valence-corrected chi connectivity index (χ0v) is 12.4. The fraction of sp³-hybridized carbons (Fsp3) is 0.125. The first kappa shape index (κ1) is 13.4. The highest BCUT2D eigenvalue weighted by Gasteiger charge is 2.06. The molecule has 0 bridgehead atoms. The Hall–Kier alpha value is -1.55. The summed E-state index contributed by atoms with van der Waals surface area (Å²) in [4.78, 5) is 0. The van der Waals surface area contributed by atoms with Crippen molar-refractivity contribution in [3.63, 3.8) is 0 Å². The van der Waals surface area contributed by atoms with Gasteiger partial charge in [-0.2, -0.15) is 0 Å². The van der Waals surface area contributed by atoms with Gasteiger partial charge in [0.25, 0.3) is 0 Å². The van der Waals surface area contributed by atoms with Crippen molar-refractivity contribution in [2.24, 2.45) is 5.73 Å². The summed E-state index contributed by atoms with van der Waals surface area (Å²) in [6.45, 7) is 1.09. The number of hydrogen-bond donors (Lipinski definition) is 1. The molecule has 20 heavy (non-hydrogen) atoms. The molecule has 0 spiro atoms. The van der Waals surface area contributed by atoms with Gasteiger partial charge in [0.2, 0.25) is 0 Å². The molecule has 2 N–H and O–H groups in total. The minimum atomic E-state index is 0.536. The highest BCUT2D eigenvalue weighted by Crippen LogP contribution is 2.28. The molecule has 1 aromatic heterocycles. The smallest absolute Gasteiger partial charge is 0.121 e. The van der Waals surface area contributed by atoms with Crippen LogP contribution in [0.2, 0.25) is 5.02 Å². The number of halogens is 1. The summed E-state index contributed by atoms with van der Waals surface area (Å²) in [5, 5.41) is 4.04. The molecule has 0 unspecified atom stereocenters. The van der Waals surface area contributed by atoms with Crippen LogP contribution in [0.15, 0.2) is 47.8 Å². The van der Waals surface area contributed by atoms with Crippen molar-refractivity contribution in [3.05, 3.63) is 64.0 Å². The first-order valence-corrected chi connectivity index (χ1v) is 7.59. The highest BCUT2D eigenvalue weighted by atomic mass is 35.5. The standard InChI is InChI=1S/C16H14ClNOS/c17-13-2-1-3-14(7-13)19-9-12-10-20-16-5-4-11(8-18)6-15(12)16/h1-7,10H,8-9,18H2. The van der Waals surface area contributed by atoms with Crippen molar-refractivity contribution >= 4 is 33.0 Å². The van der Waals surface area contributed by atoms with Crippen LogP contribution in [0.1, 0.15) is 11.1 Å². The average Bonchev–Trinajstić information content (AvgIpc) is 2.87. The molecule has 0 aliphatic rings. The molecular formula is C16H14ClNOS. The van der Waals surface area contributed by atoms with Gasteiger partial charge in [-0.3, -0.25) is 0 Å². The van der Waals surface area contributed by atoms with Gasteiger partial charge < -0.3 is 10.5 Å². The summed E-state index contributed by atoms with van der Waals surface area (Å²) in [5.41, 5.74) is 8.02. The molecule has 2 nitrogen and oxygen atoms in total. The third kappa shape index (κ3) is 2.80. The molecule has 1 heterocycles. The van der Waals surface area contributed by atoms with Crippen molar-refractivity contribution < 1.29 is 4.74 Å². The van der Waals surface area contributed by atoms with Gasteiger partial charge in [-0.05, 0) is 46.7 Å². The van der Waals surface area contributed by atoms with Gasteiger partial charge in [-0.1, -0.05) is 23.7 Å². The Morgan fingerprint density at radius 1 is 1.15 bits per heavy atom. The van der Waals surface area contributed by atoms with Crippen LogP contribution in [0.4, 0.5) is 0 Å². The quantitative estimate of drug-likeness (QED) is 0.765. The van der Waals surface area contributed by atoms with Crippen LogP contribution < -0.4 is 10.5 Å². The van der Waals surface area contributed by atoms with Crippen molar-refractivity contribution in [2.45, 2.75) is 13.2 Å². The Balaban J connectivity index is 1.83. The van der Waals surface area contributed by atoms with E-state index in [0.717, 1.165) is 11.3 Å². The third-order valence-corrected chi connectivity index (χ3v) is 4.39.